The molecule has 0 heterocycles. The Morgan fingerprint density at radius 1 is 0.525 bits per heavy atom. The molecular formula is C45H48N2O12. The third-order valence-electron chi connectivity index (χ3n) is 8.43. The van der Waals surface area contributed by atoms with E-state index in [1.54, 1.807) is 98.8 Å². The molecule has 0 spiro atoms. The molecule has 0 aliphatic heterocycles. The topological polar surface area (TPSA) is 167 Å². The van der Waals surface area contributed by atoms with Crippen molar-refractivity contribution in [2.75, 3.05) is 40.6 Å². The van der Waals surface area contributed by atoms with Crippen molar-refractivity contribution in [3.63, 3.8) is 0 Å². The van der Waals surface area contributed by atoms with E-state index in [4.69, 9.17) is 37.9 Å². The number of carbonyl (C=O) groups is 4. The number of carbonyl (C=O) groups excluding carboxylic acids is 4. The molecule has 4 rings (SSSR count). The zero-order chi connectivity index (χ0) is 42.6. The predicted molar refractivity (Wildman–Crippen MR) is 220 cm³/mol. The minimum atomic E-state index is -0.574. The summed E-state index contributed by atoms with van der Waals surface area (Å²) in [5, 5.41) is 8.80. The van der Waals surface area contributed by atoms with E-state index >= 15 is 0 Å². The molecular weight excluding hydrogens is 760 g/mol. The molecule has 0 aliphatic rings. The molecule has 4 aromatic rings. The van der Waals surface area contributed by atoms with Gasteiger partial charge in [-0.25, -0.2) is 14.4 Å². The van der Waals surface area contributed by atoms with Crippen LogP contribution in [0.15, 0.2) is 108 Å². The van der Waals surface area contributed by atoms with E-state index in [0.717, 1.165) is 6.08 Å². The van der Waals surface area contributed by atoms with Gasteiger partial charge in [0.25, 0.3) is 0 Å². The Hall–Kier alpha value is -6.96. The summed E-state index contributed by atoms with van der Waals surface area (Å²) in [6.45, 7) is 9.81. The first-order valence-corrected chi connectivity index (χ1v) is 18.8. The van der Waals surface area contributed by atoms with Gasteiger partial charge in [0.1, 0.15) is 11.5 Å². The lowest BCUT2D eigenvalue weighted by atomic mass is 10.1. The Morgan fingerprint density at radius 2 is 0.915 bits per heavy atom. The average Bonchev–Trinajstić information content (AvgIpc) is 3.25. The number of hydrogen-bond donors (Lipinski definition) is 0. The molecule has 310 valence electrons. The van der Waals surface area contributed by atoms with Gasteiger partial charge in [-0.2, -0.15) is 10.2 Å². The maximum atomic E-state index is 12.9. The SMILES string of the molecule is C=CC(=O)OCCCCOc1ccc(C(=O)Oc2ccc(/C(C)=N/N=C(\C)c3ccc(OC(=O)c4ccc(OCCCCOC(C)=O)cc4)c(OC)c3)cc2OC)cc1. The van der Waals surface area contributed by atoms with Crippen molar-refractivity contribution in [3.05, 3.63) is 120 Å². The minimum Gasteiger partial charge on any atom is -0.494 e. The van der Waals surface area contributed by atoms with Gasteiger partial charge < -0.3 is 37.9 Å². The highest BCUT2D eigenvalue weighted by atomic mass is 16.6. The van der Waals surface area contributed by atoms with Crippen LogP contribution in [0.2, 0.25) is 0 Å². The summed E-state index contributed by atoms with van der Waals surface area (Å²) in [6.07, 6.45) is 3.86. The molecule has 14 nitrogen and oxygen atoms in total. The molecule has 0 radical (unpaired) electrons. The number of rotatable bonds is 22. The summed E-state index contributed by atoms with van der Waals surface area (Å²) in [6, 6.07) is 23.3. The molecule has 0 saturated heterocycles. The van der Waals surface area contributed by atoms with Gasteiger partial charge in [-0.05, 0) is 124 Å². The first-order chi connectivity index (χ1) is 28.5. The van der Waals surface area contributed by atoms with Crippen molar-refractivity contribution < 1.29 is 57.1 Å². The summed E-state index contributed by atoms with van der Waals surface area (Å²) in [4.78, 5) is 47.8. The fourth-order valence-corrected chi connectivity index (χ4v) is 5.15. The number of benzene rings is 4. The van der Waals surface area contributed by atoms with Gasteiger partial charge in [-0.1, -0.05) is 6.58 Å². The van der Waals surface area contributed by atoms with Gasteiger partial charge in [-0.15, -0.1) is 0 Å². The number of methoxy groups -OCH3 is 2. The molecule has 0 N–H and O–H groups in total. The van der Waals surface area contributed by atoms with E-state index in [0.29, 0.717) is 109 Å². The molecule has 14 heteroatoms. The van der Waals surface area contributed by atoms with Gasteiger partial charge in [0.2, 0.25) is 0 Å². The number of nitrogens with zero attached hydrogens (tertiary/aromatic N) is 2. The number of hydrogen-bond acceptors (Lipinski definition) is 14. The highest BCUT2D eigenvalue weighted by Gasteiger charge is 2.16. The van der Waals surface area contributed by atoms with Crippen LogP contribution in [0.1, 0.15) is 78.3 Å². The van der Waals surface area contributed by atoms with Gasteiger partial charge in [0, 0.05) is 24.1 Å². The maximum Gasteiger partial charge on any atom is 0.343 e. The second-order valence-corrected chi connectivity index (χ2v) is 12.8. The lowest BCUT2D eigenvalue weighted by Gasteiger charge is -2.12. The Bertz CT molecular complexity index is 2130. The fraction of sp³-hybridized carbons (Fsp3) is 0.289. The van der Waals surface area contributed by atoms with Gasteiger partial charge in [0.05, 0.1) is 63.2 Å². The van der Waals surface area contributed by atoms with E-state index in [9.17, 15) is 19.2 Å². The van der Waals surface area contributed by atoms with Crippen molar-refractivity contribution in [2.24, 2.45) is 10.2 Å². The van der Waals surface area contributed by atoms with Crippen LogP contribution < -0.4 is 28.4 Å². The van der Waals surface area contributed by atoms with Crippen LogP contribution in [-0.2, 0) is 19.1 Å². The van der Waals surface area contributed by atoms with E-state index < -0.39 is 17.9 Å². The normalized spacial score (nSPS) is 11.2. The van der Waals surface area contributed by atoms with Crippen LogP contribution >= 0.6 is 0 Å². The summed E-state index contributed by atoms with van der Waals surface area (Å²) >= 11 is 0. The van der Waals surface area contributed by atoms with E-state index in [1.807, 2.05) is 0 Å². The Morgan fingerprint density at radius 3 is 1.31 bits per heavy atom. The van der Waals surface area contributed by atoms with Crippen molar-refractivity contribution in [2.45, 2.75) is 46.5 Å². The van der Waals surface area contributed by atoms with Crippen LogP contribution in [0.5, 0.6) is 34.5 Å². The van der Waals surface area contributed by atoms with Gasteiger partial charge >= 0.3 is 23.9 Å². The van der Waals surface area contributed by atoms with Crippen molar-refractivity contribution in [1.82, 2.24) is 0 Å². The summed E-state index contributed by atoms with van der Waals surface area (Å²) in [5.74, 6) is 0.400. The standard InChI is InChI=1S/C45H48N2O12/c1-7-43(49)57-27-11-10-26-56-38-20-14-34(15-21-38)45(51)59-40-23-17-36(29-42(40)53-6)31(3)47-46-30(2)35-16-22-39(41(28-35)52-5)58-44(50)33-12-18-37(19-13-33)55-25-9-8-24-54-32(4)48/h7,12-23,28-29H,1,8-11,24-27H2,2-6H3/b46-30+,47-31+. The summed E-state index contributed by atoms with van der Waals surface area (Å²) in [7, 11) is 2.95. The molecule has 0 atom stereocenters. The Labute approximate surface area is 343 Å². The molecule has 0 aliphatic carbocycles. The fourth-order valence-electron chi connectivity index (χ4n) is 5.15. The largest absolute Gasteiger partial charge is 0.494 e. The number of ether oxygens (including phenoxy) is 8. The maximum absolute atomic E-state index is 12.9. The first kappa shape index (κ1) is 44.8. The molecule has 4 aromatic carbocycles. The monoisotopic (exact) mass is 808 g/mol. The molecule has 0 unspecified atom stereocenters. The van der Waals surface area contributed by atoms with Gasteiger partial charge in [0.15, 0.2) is 23.0 Å². The van der Waals surface area contributed by atoms with E-state index in [2.05, 4.69) is 16.8 Å². The lowest BCUT2D eigenvalue weighted by molar-refractivity contribution is -0.141. The molecule has 0 saturated carbocycles. The Balaban J connectivity index is 1.31. The minimum absolute atomic E-state index is 0.228. The molecule has 0 amide bonds. The molecule has 0 aromatic heterocycles. The smallest absolute Gasteiger partial charge is 0.343 e. The van der Waals surface area contributed by atoms with E-state index in [-0.39, 0.29) is 17.5 Å². The molecule has 59 heavy (non-hydrogen) atoms. The van der Waals surface area contributed by atoms with Crippen molar-refractivity contribution >= 4 is 35.3 Å². The van der Waals surface area contributed by atoms with E-state index in [1.165, 1.54) is 21.1 Å². The third kappa shape index (κ3) is 14.5. The van der Waals surface area contributed by atoms with Crippen LogP contribution in [0, 0.1) is 0 Å². The highest BCUT2D eigenvalue weighted by Crippen LogP contribution is 2.31. The summed E-state index contributed by atoms with van der Waals surface area (Å²) in [5.41, 5.74) is 3.18. The number of esters is 4. The van der Waals surface area contributed by atoms with Crippen molar-refractivity contribution in [3.8, 4) is 34.5 Å². The quantitative estimate of drug-likeness (QED) is 0.0188. The third-order valence-corrected chi connectivity index (χ3v) is 8.43. The second-order valence-electron chi connectivity index (χ2n) is 12.8. The van der Waals surface area contributed by atoms with Crippen LogP contribution in [-0.4, -0.2) is 75.9 Å². The lowest BCUT2D eigenvalue weighted by Crippen LogP contribution is -2.10. The highest BCUT2D eigenvalue weighted by molar-refractivity contribution is 6.02. The zero-order valence-corrected chi connectivity index (χ0v) is 33.8. The predicted octanol–water partition coefficient (Wildman–Crippen LogP) is 7.99. The van der Waals surface area contributed by atoms with Gasteiger partial charge in [-0.3, -0.25) is 4.79 Å². The molecule has 0 bridgehead atoms. The van der Waals surface area contributed by atoms with Crippen LogP contribution in [0.3, 0.4) is 0 Å². The van der Waals surface area contributed by atoms with Crippen LogP contribution in [0.25, 0.3) is 0 Å². The Kier molecular flexibility index (Phi) is 17.7. The first-order valence-electron chi connectivity index (χ1n) is 18.8. The van der Waals surface area contributed by atoms with Crippen LogP contribution in [0.4, 0.5) is 0 Å². The zero-order valence-electron chi connectivity index (χ0n) is 33.8. The molecule has 0 fully saturated rings. The number of unbranched alkanes of at least 4 members (excludes halogenated alkanes) is 2. The summed E-state index contributed by atoms with van der Waals surface area (Å²) < 4.78 is 43.6. The van der Waals surface area contributed by atoms with Crippen molar-refractivity contribution in [1.29, 1.82) is 0 Å². The second kappa shape index (κ2) is 23.3. The average molecular weight is 809 g/mol.